The maximum absolute atomic E-state index is 13.1. The lowest BCUT2D eigenvalue weighted by Gasteiger charge is -2.24. The van der Waals surface area contributed by atoms with Gasteiger partial charge in [-0.05, 0) is 54.8 Å². The number of anilines is 1. The van der Waals surface area contributed by atoms with E-state index < -0.39 is 21.8 Å². The Kier molecular flexibility index (Phi) is 6.84. The molecule has 0 spiro atoms. The minimum Gasteiger partial charge on any atom is -0.273 e. The molecule has 0 N–H and O–H groups in total. The summed E-state index contributed by atoms with van der Waals surface area (Å²) in [5, 5.41) is 0.436. The van der Waals surface area contributed by atoms with Gasteiger partial charge in [-0.15, -0.1) is 0 Å². The van der Waals surface area contributed by atoms with Crippen LogP contribution in [0.1, 0.15) is 39.2 Å². The Balaban J connectivity index is 2.46. The van der Waals surface area contributed by atoms with Crippen LogP contribution in [0.4, 0.5) is 5.69 Å². The van der Waals surface area contributed by atoms with Crippen LogP contribution in [0.15, 0.2) is 53.4 Å². The third kappa shape index (κ3) is 4.65. The molecule has 140 valence electrons. The zero-order valence-corrected chi connectivity index (χ0v) is 16.8. The molecule has 0 atom stereocenters. The zero-order chi connectivity index (χ0) is 19.3. The molecule has 0 radical (unpaired) electrons. The highest BCUT2D eigenvalue weighted by atomic mass is 35.5. The first kappa shape index (κ1) is 20.5. The lowest BCUT2D eigenvalue weighted by molar-refractivity contribution is -0.120. The van der Waals surface area contributed by atoms with Crippen molar-refractivity contribution in [3.63, 3.8) is 0 Å². The number of hydrogen-bond donors (Lipinski definition) is 0. The maximum atomic E-state index is 13.1. The first-order valence-corrected chi connectivity index (χ1v) is 10.5. The molecule has 6 heteroatoms. The second-order valence-electron chi connectivity index (χ2n) is 6.49. The lowest BCUT2D eigenvalue weighted by atomic mass is 10.1. The van der Waals surface area contributed by atoms with Crippen molar-refractivity contribution < 1.29 is 13.2 Å². The van der Waals surface area contributed by atoms with Crippen LogP contribution in [0.25, 0.3) is 0 Å². The Morgan fingerprint density at radius 2 is 1.62 bits per heavy atom. The highest BCUT2D eigenvalue weighted by Crippen LogP contribution is 2.27. The number of amides is 1. The minimum atomic E-state index is -4.02. The zero-order valence-electron chi connectivity index (χ0n) is 15.3. The molecule has 0 aliphatic heterocycles. The monoisotopic (exact) mass is 393 g/mol. The largest absolute Gasteiger partial charge is 0.273 e. The molecule has 0 aliphatic carbocycles. The van der Waals surface area contributed by atoms with Gasteiger partial charge in [0, 0.05) is 10.9 Å². The summed E-state index contributed by atoms with van der Waals surface area (Å²) >= 11 is 5.86. The summed E-state index contributed by atoms with van der Waals surface area (Å²) in [4.78, 5) is 12.7. The van der Waals surface area contributed by atoms with Crippen LogP contribution in [0.2, 0.25) is 5.02 Å². The fourth-order valence-corrected chi connectivity index (χ4v) is 4.17. The number of halogens is 1. The first-order chi connectivity index (χ1) is 12.3. The number of unbranched alkanes of at least 4 members (excludes halogenated alkanes) is 1. The third-order valence-electron chi connectivity index (χ3n) is 4.04. The molecular formula is C20H24ClNO3S. The number of hydrogen-bond acceptors (Lipinski definition) is 3. The summed E-state index contributed by atoms with van der Waals surface area (Å²) in [6.07, 6.45) is 3.08. The van der Waals surface area contributed by atoms with E-state index in [4.69, 9.17) is 11.6 Å². The Morgan fingerprint density at radius 3 is 2.12 bits per heavy atom. The molecular weight excluding hydrogens is 370 g/mol. The van der Waals surface area contributed by atoms with E-state index in [1.54, 1.807) is 26.0 Å². The Hall–Kier alpha value is -1.85. The second kappa shape index (κ2) is 8.69. The number of sulfonamides is 1. The van der Waals surface area contributed by atoms with Gasteiger partial charge in [-0.1, -0.05) is 50.9 Å². The van der Waals surface area contributed by atoms with Crippen LogP contribution in [-0.4, -0.2) is 14.3 Å². The van der Waals surface area contributed by atoms with E-state index in [2.05, 4.69) is 6.92 Å². The lowest BCUT2D eigenvalue weighted by Crippen LogP contribution is -2.39. The molecule has 0 unspecified atom stereocenters. The van der Waals surface area contributed by atoms with Gasteiger partial charge in [0.15, 0.2) is 0 Å². The first-order valence-electron chi connectivity index (χ1n) is 8.71. The van der Waals surface area contributed by atoms with Crippen LogP contribution < -0.4 is 4.31 Å². The topological polar surface area (TPSA) is 54.5 Å². The van der Waals surface area contributed by atoms with Gasteiger partial charge >= 0.3 is 0 Å². The van der Waals surface area contributed by atoms with E-state index in [0.717, 1.165) is 29.1 Å². The van der Waals surface area contributed by atoms with E-state index in [1.165, 1.54) is 24.3 Å². The van der Waals surface area contributed by atoms with E-state index in [-0.39, 0.29) is 4.90 Å². The van der Waals surface area contributed by atoms with Gasteiger partial charge in [0.25, 0.3) is 10.0 Å². The summed E-state index contributed by atoms with van der Waals surface area (Å²) in [6.45, 7) is 5.49. The smallest absolute Gasteiger partial charge is 0.270 e. The van der Waals surface area contributed by atoms with Gasteiger partial charge in [-0.25, -0.2) is 12.7 Å². The molecule has 0 saturated carbocycles. The highest BCUT2D eigenvalue weighted by molar-refractivity contribution is 7.93. The summed E-state index contributed by atoms with van der Waals surface area (Å²) in [6, 6.07) is 13.0. The number of nitrogens with zero attached hydrogens (tertiary/aromatic N) is 1. The fraction of sp³-hybridized carbons (Fsp3) is 0.350. The van der Waals surface area contributed by atoms with Crippen LogP contribution in [0, 0.1) is 5.92 Å². The van der Waals surface area contributed by atoms with E-state index in [0.29, 0.717) is 10.7 Å². The molecule has 0 heterocycles. The molecule has 4 nitrogen and oxygen atoms in total. The predicted octanol–water partition coefficient (Wildman–Crippen LogP) is 5.06. The second-order valence-corrected chi connectivity index (χ2v) is 8.71. The predicted molar refractivity (Wildman–Crippen MR) is 106 cm³/mol. The number of aryl methyl sites for hydroxylation is 1. The van der Waals surface area contributed by atoms with Crippen molar-refractivity contribution in [2.24, 2.45) is 5.92 Å². The fourth-order valence-electron chi connectivity index (χ4n) is 2.51. The van der Waals surface area contributed by atoms with Crippen LogP contribution in [-0.2, 0) is 21.2 Å². The quantitative estimate of drug-likeness (QED) is 0.660. The average Bonchev–Trinajstić information content (AvgIpc) is 2.61. The Labute approximate surface area is 160 Å². The van der Waals surface area contributed by atoms with Gasteiger partial charge < -0.3 is 0 Å². The van der Waals surface area contributed by atoms with Crippen LogP contribution in [0.5, 0.6) is 0 Å². The number of carbonyl (C=O) groups excluding carboxylic acids is 1. The minimum absolute atomic E-state index is 0.0333. The van der Waals surface area contributed by atoms with Gasteiger partial charge in [0.1, 0.15) is 0 Å². The number of benzene rings is 2. The van der Waals surface area contributed by atoms with Crippen LogP contribution >= 0.6 is 11.6 Å². The summed E-state index contributed by atoms with van der Waals surface area (Å²) in [5.41, 5.74) is 1.47. The molecule has 1 amide bonds. The van der Waals surface area contributed by atoms with Crippen molar-refractivity contribution in [3.05, 3.63) is 59.1 Å². The van der Waals surface area contributed by atoms with Crippen molar-refractivity contribution >= 4 is 33.2 Å². The van der Waals surface area contributed by atoms with Crippen molar-refractivity contribution in [1.82, 2.24) is 0 Å². The maximum Gasteiger partial charge on any atom is 0.270 e. The van der Waals surface area contributed by atoms with E-state index in [1.807, 2.05) is 12.1 Å². The molecule has 0 saturated heterocycles. The molecule has 2 aromatic carbocycles. The molecule has 0 aliphatic rings. The Morgan fingerprint density at radius 1 is 1.04 bits per heavy atom. The highest BCUT2D eigenvalue weighted by Gasteiger charge is 2.32. The van der Waals surface area contributed by atoms with Gasteiger partial charge in [0.05, 0.1) is 10.6 Å². The van der Waals surface area contributed by atoms with E-state index >= 15 is 0 Å². The SMILES string of the molecule is CCCCc1ccc(N(C(=O)C(C)C)S(=O)(=O)c2ccc(Cl)cc2)cc1. The Bertz CT molecular complexity index is 844. The van der Waals surface area contributed by atoms with Crippen molar-refractivity contribution in [2.75, 3.05) is 4.31 Å². The van der Waals surface area contributed by atoms with Crippen molar-refractivity contribution in [3.8, 4) is 0 Å². The standard InChI is InChI=1S/C20H24ClNO3S/c1-4-5-6-16-7-11-18(12-8-16)22(20(23)15(2)3)26(24,25)19-13-9-17(21)10-14-19/h7-15H,4-6H2,1-3H3. The molecule has 0 fully saturated rings. The van der Waals surface area contributed by atoms with Gasteiger partial charge in [0.2, 0.25) is 5.91 Å². The van der Waals surface area contributed by atoms with Crippen molar-refractivity contribution in [2.45, 2.75) is 44.9 Å². The summed E-state index contributed by atoms with van der Waals surface area (Å²) in [7, 11) is -4.02. The molecule has 0 aromatic heterocycles. The molecule has 2 aromatic rings. The van der Waals surface area contributed by atoms with E-state index in [9.17, 15) is 13.2 Å². The normalized spacial score (nSPS) is 11.6. The summed E-state index contributed by atoms with van der Waals surface area (Å²) < 4.78 is 27.1. The van der Waals surface area contributed by atoms with Crippen LogP contribution in [0.3, 0.4) is 0 Å². The molecule has 26 heavy (non-hydrogen) atoms. The average molecular weight is 394 g/mol. The van der Waals surface area contributed by atoms with Gasteiger partial charge in [-0.3, -0.25) is 4.79 Å². The molecule has 2 rings (SSSR count). The van der Waals surface area contributed by atoms with Gasteiger partial charge in [-0.2, -0.15) is 0 Å². The molecule has 0 bridgehead atoms. The summed E-state index contributed by atoms with van der Waals surface area (Å²) in [5.74, 6) is -0.932. The number of rotatable bonds is 7. The third-order valence-corrected chi connectivity index (χ3v) is 6.03. The number of carbonyl (C=O) groups is 1. The van der Waals surface area contributed by atoms with Crippen molar-refractivity contribution in [1.29, 1.82) is 0 Å².